The lowest BCUT2D eigenvalue weighted by atomic mass is 10.1. The Kier molecular flexibility index (Phi) is 4.61. The number of carboxylic acids is 1. The summed E-state index contributed by atoms with van der Waals surface area (Å²) in [4.78, 5) is 24.5. The van der Waals surface area contributed by atoms with E-state index in [1.807, 2.05) is 0 Å². The third-order valence-electron chi connectivity index (χ3n) is 3.02. The van der Waals surface area contributed by atoms with E-state index in [-0.39, 0.29) is 24.6 Å². The molecule has 2 N–H and O–H groups in total. The van der Waals surface area contributed by atoms with E-state index >= 15 is 0 Å². The maximum Gasteiger partial charge on any atom is 0.306 e. The lowest BCUT2D eigenvalue weighted by Crippen LogP contribution is -2.46. The van der Waals surface area contributed by atoms with Gasteiger partial charge in [0.15, 0.2) is 0 Å². The van der Waals surface area contributed by atoms with Gasteiger partial charge in [-0.15, -0.1) is 0 Å². The van der Waals surface area contributed by atoms with Gasteiger partial charge in [-0.3, -0.25) is 9.59 Å². The molecule has 2 rings (SSSR count). The highest BCUT2D eigenvalue weighted by molar-refractivity contribution is 9.10. The summed E-state index contributed by atoms with van der Waals surface area (Å²) in [5, 5.41) is 18.4. The van der Waals surface area contributed by atoms with Gasteiger partial charge in [0.25, 0.3) is 5.91 Å². The second kappa shape index (κ2) is 6.23. The number of rotatable bonds is 3. The number of hydrogen-bond acceptors (Lipinski definition) is 4. The van der Waals surface area contributed by atoms with E-state index in [2.05, 4.69) is 15.9 Å². The molecule has 0 radical (unpaired) electrons. The van der Waals surface area contributed by atoms with Crippen molar-refractivity contribution in [2.45, 2.75) is 12.5 Å². The number of phenolic OH excluding ortho intramolecular Hbond substituents is 1. The number of carbonyl (C=O) groups excluding carboxylic acids is 1. The van der Waals surface area contributed by atoms with E-state index in [4.69, 9.17) is 9.84 Å². The Balaban J connectivity index is 2.08. The highest BCUT2D eigenvalue weighted by Crippen LogP contribution is 2.25. The van der Waals surface area contributed by atoms with Gasteiger partial charge in [-0.2, -0.15) is 0 Å². The van der Waals surface area contributed by atoms with Crippen LogP contribution < -0.4 is 0 Å². The molecule has 1 heterocycles. The summed E-state index contributed by atoms with van der Waals surface area (Å²) in [6.45, 7) is 0.958. The lowest BCUT2D eigenvalue weighted by molar-refractivity contribution is -0.141. The zero-order valence-corrected chi connectivity index (χ0v) is 12.2. The van der Waals surface area contributed by atoms with Crippen molar-refractivity contribution in [2.24, 2.45) is 0 Å². The summed E-state index contributed by atoms with van der Waals surface area (Å²) in [7, 11) is 0. The van der Waals surface area contributed by atoms with E-state index in [1.54, 1.807) is 17.0 Å². The molecule has 20 heavy (non-hydrogen) atoms. The van der Waals surface area contributed by atoms with Crippen LogP contribution in [0.4, 0.5) is 0 Å². The monoisotopic (exact) mass is 343 g/mol. The number of benzene rings is 1. The van der Waals surface area contributed by atoms with Crippen LogP contribution in [0.2, 0.25) is 0 Å². The molecule has 1 fully saturated rings. The number of aromatic hydroxyl groups is 1. The molecule has 1 saturated heterocycles. The molecule has 108 valence electrons. The van der Waals surface area contributed by atoms with Gasteiger partial charge in [0, 0.05) is 18.7 Å². The SMILES string of the molecule is O=C(O)CC1CN(C(=O)c2ccc(Br)c(O)c2)CCO1. The molecule has 1 aliphatic heterocycles. The Morgan fingerprint density at radius 3 is 2.85 bits per heavy atom. The first-order valence-corrected chi connectivity index (χ1v) is 6.88. The molecule has 1 aromatic carbocycles. The smallest absolute Gasteiger partial charge is 0.306 e. The molecular weight excluding hydrogens is 330 g/mol. The zero-order valence-electron chi connectivity index (χ0n) is 10.6. The molecule has 1 unspecified atom stereocenters. The highest BCUT2D eigenvalue weighted by Gasteiger charge is 2.26. The number of amides is 1. The highest BCUT2D eigenvalue weighted by atomic mass is 79.9. The first-order chi connectivity index (χ1) is 9.47. The first-order valence-electron chi connectivity index (χ1n) is 6.08. The second-order valence-electron chi connectivity index (χ2n) is 4.51. The van der Waals surface area contributed by atoms with Gasteiger partial charge in [0.2, 0.25) is 0 Å². The standard InChI is InChI=1S/C13H14BrNO5/c14-10-2-1-8(5-11(10)16)13(19)15-3-4-20-9(7-15)6-12(17)18/h1-2,5,9,16H,3-4,6-7H2,(H,17,18). The molecule has 0 bridgehead atoms. The molecule has 1 amide bonds. The Bertz CT molecular complexity index is 533. The van der Waals surface area contributed by atoms with Crippen molar-refractivity contribution in [1.29, 1.82) is 0 Å². The molecule has 6 nitrogen and oxygen atoms in total. The van der Waals surface area contributed by atoms with E-state index in [0.717, 1.165) is 0 Å². The van der Waals surface area contributed by atoms with Gasteiger partial charge in [-0.05, 0) is 34.1 Å². The maximum absolute atomic E-state index is 12.3. The lowest BCUT2D eigenvalue weighted by Gasteiger charge is -2.32. The Morgan fingerprint density at radius 1 is 1.45 bits per heavy atom. The van der Waals surface area contributed by atoms with Crippen LogP contribution in [-0.2, 0) is 9.53 Å². The van der Waals surface area contributed by atoms with Crippen molar-refractivity contribution < 1.29 is 24.5 Å². The number of hydrogen-bond donors (Lipinski definition) is 2. The summed E-state index contributed by atoms with van der Waals surface area (Å²) in [6.07, 6.45) is -0.621. The topological polar surface area (TPSA) is 87.1 Å². The number of phenols is 1. The fraction of sp³-hybridized carbons (Fsp3) is 0.385. The summed E-state index contributed by atoms with van der Waals surface area (Å²) < 4.78 is 5.83. The molecular formula is C13H14BrNO5. The van der Waals surface area contributed by atoms with Gasteiger partial charge in [0.1, 0.15) is 5.75 Å². The van der Waals surface area contributed by atoms with Gasteiger partial charge in [-0.25, -0.2) is 0 Å². The molecule has 0 aliphatic carbocycles. The number of nitrogens with zero attached hydrogens (tertiary/aromatic N) is 1. The van der Waals surface area contributed by atoms with Gasteiger partial charge in [-0.1, -0.05) is 0 Å². The fourth-order valence-corrected chi connectivity index (χ4v) is 2.30. The minimum Gasteiger partial charge on any atom is -0.507 e. The molecule has 7 heteroatoms. The predicted molar refractivity (Wildman–Crippen MR) is 73.7 cm³/mol. The number of ether oxygens (including phenoxy) is 1. The number of carboxylic acid groups (broad SMARTS) is 1. The summed E-state index contributed by atoms with van der Waals surface area (Å²) >= 11 is 3.15. The molecule has 0 saturated carbocycles. The Labute approximate surface area is 124 Å². The van der Waals surface area contributed by atoms with Crippen molar-refractivity contribution >= 4 is 27.8 Å². The molecule has 1 aromatic rings. The van der Waals surface area contributed by atoms with Crippen LogP contribution in [0, 0.1) is 0 Å². The van der Waals surface area contributed by atoms with Crippen LogP contribution in [0.15, 0.2) is 22.7 Å². The molecule has 1 atom stereocenters. The van der Waals surface area contributed by atoms with E-state index in [0.29, 0.717) is 23.2 Å². The van der Waals surface area contributed by atoms with Crippen LogP contribution in [0.3, 0.4) is 0 Å². The third kappa shape index (κ3) is 3.49. The molecule has 0 spiro atoms. The van der Waals surface area contributed by atoms with Crippen molar-refractivity contribution in [3.63, 3.8) is 0 Å². The van der Waals surface area contributed by atoms with Gasteiger partial charge >= 0.3 is 5.97 Å². The summed E-state index contributed by atoms with van der Waals surface area (Å²) in [6, 6.07) is 4.58. The largest absolute Gasteiger partial charge is 0.507 e. The van der Waals surface area contributed by atoms with E-state index < -0.39 is 12.1 Å². The van der Waals surface area contributed by atoms with Crippen molar-refractivity contribution in [3.05, 3.63) is 28.2 Å². The van der Waals surface area contributed by atoms with Crippen LogP contribution >= 0.6 is 15.9 Å². The fourth-order valence-electron chi connectivity index (χ4n) is 2.05. The maximum atomic E-state index is 12.3. The average molecular weight is 344 g/mol. The van der Waals surface area contributed by atoms with Crippen LogP contribution in [0.25, 0.3) is 0 Å². The van der Waals surface area contributed by atoms with Crippen LogP contribution in [0.5, 0.6) is 5.75 Å². The number of morpholine rings is 1. The predicted octanol–water partition coefficient (Wildman–Crippen LogP) is 1.47. The number of halogens is 1. The number of carbonyl (C=O) groups is 2. The van der Waals surface area contributed by atoms with E-state index in [9.17, 15) is 14.7 Å². The molecule has 1 aliphatic rings. The normalized spacial score (nSPS) is 18.9. The second-order valence-corrected chi connectivity index (χ2v) is 5.36. The summed E-state index contributed by atoms with van der Waals surface area (Å²) in [5.41, 5.74) is 0.363. The van der Waals surface area contributed by atoms with Gasteiger partial charge in [0.05, 0.1) is 23.6 Å². The van der Waals surface area contributed by atoms with Gasteiger partial charge < -0.3 is 19.8 Å². The van der Waals surface area contributed by atoms with Crippen LogP contribution in [0.1, 0.15) is 16.8 Å². The minimum absolute atomic E-state index is 0.00815. The summed E-state index contributed by atoms with van der Waals surface area (Å²) in [5.74, 6) is -1.21. The Hall–Kier alpha value is -1.60. The minimum atomic E-state index is -0.953. The van der Waals surface area contributed by atoms with Crippen molar-refractivity contribution in [2.75, 3.05) is 19.7 Å². The van der Waals surface area contributed by atoms with Crippen molar-refractivity contribution in [1.82, 2.24) is 4.90 Å². The van der Waals surface area contributed by atoms with E-state index in [1.165, 1.54) is 6.07 Å². The molecule has 0 aromatic heterocycles. The van der Waals surface area contributed by atoms with Crippen LogP contribution in [-0.4, -0.2) is 52.8 Å². The third-order valence-corrected chi connectivity index (χ3v) is 3.69. The number of aliphatic carboxylic acids is 1. The average Bonchev–Trinajstić information content (AvgIpc) is 2.40. The quantitative estimate of drug-likeness (QED) is 0.867. The van der Waals surface area contributed by atoms with Crippen molar-refractivity contribution in [3.8, 4) is 5.75 Å². The Morgan fingerprint density at radius 2 is 2.20 bits per heavy atom. The first kappa shape index (κ1) is 14.8. The zero-order chi connectivity index (χ0) is 14.7.